The van der Waals surface area contributed by atoms with E-state index in [9.17, 15) is 9.59 Å². The van der Waals surface area contributed by atoms with Gasteiger partial charge >= 0.3 is 14.2 Å². The molecule has 0 heterocycles. The molecule has 0 aliphatic carbocycles. The van der Waals surface area contributed by atoms with Crippen LogP contribution >= 0.6 is 8.25 Å². The van der Waals surface area contributed by atoms with E-state index in [4.69, 9.17) is 39.9 Å². The molecule has 0 fully saturated rings. The molecule has 0 amide bonds. The van der Waals surface area contributed by atoms with Gasteiger partial charge in [0.05, 0.1) is 0 Å². The van der Waals surface area contributed by atoms with Crippen LogP contribution in [0.1, 0.15) is 0 Å². The van der Waals surface area contributed by atoms with Gasteiger partial charge in [0.25, 0.3) is 0 Å². The fraction of sp³-hybridized carbons (Fsp3) is 0.667. The molecule has 0 saturated carbocycles. The third-order valence-electron chi connectivity index (χ3n) is 1.42. The third-order valence-corrected chi connectivity index (χ3v) is 1.42. The van der Waals surface area contributed by atoms with Crippen molar-refractivity contribution in [2.45, 2.75) is 24.4 Å². The number of carbonyl (C=O) groups is 2. The molecule has 0 aliphatic heterocycles. The second-order valence-corrected chi connectivity index (χ2v) is 3.24. The van der Waals surface area contributed by atoms with Crippen LogP contribution in [0, 0.1) is 0 Å². The molecule has 0 aromatic carbocycles. The first-order chi connectivity index (χ1) is 7.64. The molecule has 0 bridgehead atoms. The summed E-state index contributed by atoms with van der Waals surface area (Å²) in [5, 5.41) is 43.2. The van der Waals surface area contributed by atoms with E-state index >= 15 is 0 Å². The Morgan fingerprint density at radius 1 is 1.06 bits per heavy atom. The summed E-state index contributed by atoms with van der Waals surface area (Å²) in [6, 6.07) is 0. The molecule has 11 heteroatoms. The summed E-state index contributed by atoms with van der Waals surface area (Å²) in [5.41, 5.74) is 0. The molecule has 0 radical (unpaired) electrons. The van der Waals surface area contributed by atoms with Crippen molar-refractivity contribution in [2.24, 2.45) is 0 Å². The molecule has 4 unspecified atom stereocenters. The van der Waals surface area contributed by atoms with Gasteiger partial charge in [-0.05, 0) is 0 Å². The Kier molecular flexibility index (Phi) is 10.00. The minimum Gasteiger partial charge on any atom is -0.479 e. The van der Waals surface area contributed by atoms with Gasteiger partial charge in [0.15, 0.2) is 12.4 Å². The maximum atomic E-state index is 10.1. The first-order valence-electron chi connectivity index (χ1n) is 3.97. The van der Waals surface area contributed by atoms with Gasteiger partial charge in [-0.2, -0.15) is 0 Å². The molecule has 0 saturated heterocycles. The van der Waals surface area contributed by atoms with E-state index < -0.39 is 38.6 Å². The largest absolute Gasteiger partial charge is 0.479 e. The smallest absolute Gasteiger partial charge is 0.335 e. The van der Waals surface area contributed by atoms with Crippen molar-refractivity contribution < 1.29 is 49.5 Å². The molecule has 102 valence electrons. The van der Waals surface area contributed by atoms with Gasteiger partial charge < -0.3 is 40.1 Å². The summed E-state index contributed by atoms with van der Waals surface area (Å²) in [5.74, 6) is -1.76. The number of rotatable bonds is 5. The quantitative estimate of drug-likeness (QED) is 0.192. The van der Waals surface area contributed by atoms with E-state index in [0.717, 1.165) is 0 Å². The Morgan fingerprint density at radius 3 is 1.65 bits per heavy atom. The van der Waals surface area contributed by atoms with Crippen molar-refractivity contribution in [2.75, 3.05) is 0 Å². The van der Waals surface area contributed by atoms with Gasteiger partial charge in [-0.1, -0.05) is 0 Å². The average molecular weight is 276 g/mol. The highest BCUT2D eigenvalue weighted by Gasteiger charge is 2.33. The molecule has 0 aliphatic rings. The lowest BCUT2D eigenvalue weighted by molar-refractivity contribution is -0.163. The molecule has 0 aromatic heterocycles. The molecular formula is C6H13O10P. The van der Waals surface area contributed by atoms with Crippen LogP contribution in [0.15, 0.2) is 0 Å². The number of aliphatic hydroxyl groups excluding tert-OH is 4. The van der Waals surface area contributed by atoms with Crippen molar-refractivity contribution in [3.8, 4) is 0 Å². The summed E-state index contributed by atoms with van der Waals surface area (Å²) in [6.07, 6.45) is -8.39. The van der Waals surface area contributed by atoms with Crippen molar-refractivity contribution >= 4 is 20.5 Å². The van der Waals surface area contributed by atoms with Crippen molar-refractivity contribution in [1.29, 1.82) is 0 Å². The number of carboxylic acid groups (broad SMARTS) is 1. The Hall–Kier alpha value is -0.870. The van der Waals surface area contributed by atoms with Crippen LogP contribution < -0.4 is 0 Å². The number of aldehydes is 1. The van der Waals surface area contributed by atoms with Gasteiger partial charge in [0.1, 0.15) is 18.3 Å². The lowest BCUT2D eigenvalue weighted by Crippen LogP contribution is -2.48. The summed E-state index contributed by atoms with van der Waals surface area (Å²) < 4.78 is 8.74. The van der Waals surface area contributed by atoms with Gasteiger partial charge in [-0.25, -0.2) is 4.79 Å². The molecular weight excluding hydrogens is 263 g/mol. The number of carboxylic acids is 1. The zero-order chi connectivity index (χ0) is 14.2. The fourth-order valence-corrected chi connectivity index (χ4v) is 0.615. The van der Waals surface area contributed by atoms with E-state index in [1.54, 1.807) is 0 Å². The monoisotopic (exact) mass is 276 g/mol. The van der Waals surface area contributed by atoms with E-state index in [1.807, 2.05) is 0 Å². The fourth-order valence-electron chi connectivity index (χ4n) is 0.615. The normalized spacial score (nSPS) is 17.4. The van der Waals surface area contributed by atoms with Crippen LogP contribution in [0.3, 0.4) is 0 Å². The summed E-state index contributed by atoms with van der Waals surface area (Å²) in [6.45, 7) is 0. The molecule has 4 atom stereocenters. The number of aliphatic hydroxyl groups is 4. The molecule has 17 heavy (non-hydrogen) atoms. The third kappa shape index (κ3) is 8.89. The van der Waals surface area contributed by atoms with Crippen LogP contribution in [0.2, 0.25) is 0 Å². The second-order valence-electron chi connectivity index (χ2n) is 2.67. The maximum Gasteiger partial charge on any atom is 0.335 e. The van der Waals surface area contributed by atoms with E-state index in [1.165, 1.54) is 0 Å². The minimum atomic E-state index is -3.13. The number of hydrogen-bond donors (Lipinski definition) is 7. The molecule has 0 rings (SSSR count). The average Bonchev–Trinajstić information content (AvgIpc) is 2.23. The van der Waals surface area contributed by atoms with Crippen LogP contribution in [-0.4, -0.2) is 72.0 Å². The lowest BCUT2D eigenvalue weighted by atomic mass is 10.0. The Labute approximate surface area is 95.3 Å². The Bertz CT molecular complexity index is 264. The first-order valence-corrected chi connectivity index (χ1v) is 5.27. The highest BCUT2D eigenvalue weighted by molar-refractivity contribution is 7.30. The highest BCUT2D eigenvalue weighted by Crippen LogP contribution is 2.03. The number of hydrogen-bond acceptors (Lipinski definition) is 7. The Balaban J connectivity index is 0. The molecule has 0 spiro atoms. The van der Waals surface area contributed by atoms with E-state index in [-0.39, 0.29) is 6.29 Å². The molecule has 10 nitrogen and oxygen atoms in total. The number of carbonyl (C=O) groups excluding carboxylic acids is 1. The van der Waals surface area contributed by atoms with E-state index in [0.29, 0.717) is 0 Å². The maximum absolute atomic E-state index is 10.1. The van der Waals surface area contributed by atoms with Gasteiger partial charge in [-0.15, -0.1) is 0 Å². The molecule has 7 N–H and O–H groups in total. The van der Waals surface area contributed by atoms with Crippen LogP contribution in [0.4, 0.5) is 0 Å². The minimum absolute atomic E-state index is 0.0809. The SMILES string of the molecule is O=CC(O)C(O)C(O)C(O)C(=O)O.O=[PH](O)O. The van der Waals surface area contributed by atoms with Gasteiger partial charge in [0.2, 0.25) is 0 Å². The summed E-state index contributed by atoms with van der Waals surface area (Å²) >= 11 is 0. The topological polar surface area (TPSA) is 193 Å². The summed E-state index contributed by atoms with van der Waals surface area (Å²) in [7, 11) is -3.13. The van der Waals surface area contributed by atoms with Crippen molar-refractivity contribution in [3.05, 3.63) is 0 Å². The van der Waals surface area contributed by atoms with Crippen molar-refractivity contribution in [1.82, 2.24) is 0 Å². The number of aliphatic carboxylic acids is 1. The lowest BCUT2D eigenvalue weighted by Gasteiger charge is -2.21. The van der Waals surface area contributed by atoms with Crippen molar-refractivity contribution in [3.63, 3.8) is 0 Å². The van der Waals surface area contributed by atoms with E-state index in [2.05, 4.69) is 0 Å². The Morgan fingerprint density at radius 2 is 1.41 bits per heavy atom. The second kappa shape index (κ2) is 9.19. The van der Waals surface area contributed by atoms with Gasteiger partial charge in [0, 0.05) is 0 Å². The first kappa shape index (κ1) is 18.5. The molecule has 0 aromatic rings. The summed E-state index contributed by atoms with van der Waals surface area (Å²) in [4.78, 5) is 34.3. The zero-order valence-corrected chi connectivity index (χ0v) is 9.24. The van der Waals surface area contributed by atoms with Crippen LogP contribution in [0.25, 0.3) is 0 Å². The van der Waals surface area contributed by atoms with Crippen LogP contribution in [-0.2, 0) is 14.2 Å². The van der Waals surface area contributed by atoms with Gasteiger partial charge in [-0.3, -0.25) is 4.57 Å². The standard InChI is InChI=1S/C6H10O7.H3O3P/c7-1-2(8)3(9)4(10)5(11)6(12)13;1-4(2)3/h1-5,8-11H,(H,12,13);4H,(H2,1,2,3). The predicted molar refractivity (Wildman–Crippen MR) is 51.2 cm³/mol. The van der Waals surface area contributed by atoms with Crippen LogP contribution in [0.5, 0.6) is 0 Å². The zero-order valence-electron chi connectivity index (χ0n) is 8.24. The highest BCUT2D eigenvalue weighted by atomic mass is 31.1. The predicted octanol–water partition coefficient (Wildman–Crippen LogP) is -3.93.